The third kappa shape index (κ3) is 2.77. The number of carbonyl (C=O) groups excluding carboxylic acids is 1. The van der Waals surface area contributed by atoms with Gasteiger partial charge in [0, 0.05) is 18.0 Å². The van der Waals surface area contributed by atoms with E-state index in [9.17, 15) is 9.90 Å². The summed E-state index contributed by atoms with van der Waals surface area (Å²) in [5, 5.41) is 11.9. The van der Waals surface area contributed by atoms with Crippen molar-refractivity contribution < 1.29 is 14.6 Å². The Morgan fingerprint density at radius 3 is 2.70 bits per heavy atom. The van der Waals surface area contributed by atoms with Crippen molar-refractivity contribution in [2.75, 3.05) is 14.2 Å². The fourth-order valence-corrected chi connectivity index (χ4v) is 2.73. The molecule has 1 N–H and O–H groups in total. The van der Waals surface area contributed by atoms with Gasteiger partial charge in [-0.15, -0.1) is 11.3 Å². The Morgan fingerprint density at radius 1 is 1.40 bits per heavy atom. The smallest absolute Gasteiger partial charge is 0.257 e. The molecule has 0 aliphatic rings. The molecule has 1 heterocycles. The normalized spacial score (nSPS) is 11.9. The molecule has 5 heteroatoms. The number of thiophene rings is 1. The molecule has 0 fully saturated rings. The van der Waals surface area contributed by atoms with Crippen molar-refractivity contribution in [3.05, 3.63) is 46.2 Å². The van der Waals surface area contributed by atoms with Crippen LogP contribution >= 0.6 is 11.3 Å². The fourth-order valence-electron chi connectivity index (χ4n) is 1.90. The van der Waals surface area contributed by atoms with E-state index in [0.717, 1.165) is 4.88 Å². The zero-order chi connectivity index (χ0) is 14.7. The van der Waals surface area contributed by atoms with Gasteiger partial charge in [-0.05, 0) is 30.5 Å². The van der Waals surface area contributed by atoms with Gasteiger partial charge in [-0.25, -0.2) is 0 Å². The van der Waals surface area contributed by atoms with Gasteiger partial charge in [0.25, 0.3) is 5.91 Å². The Hall–Kier alpha value is -2.01. The van der Waals surface area contributed by atoms with Crippen LogP contribution in [0.5, 0.6) is 11.5 Å². The number of methoxy groups -OCH3 is 1. The summed E-state index contributed by atoms with van der Waals surface area (Å²) >= 11 is 1.61. The Kier molecular flexibility index (Phi) is 4.29. The number of phenols is 1. The highest BCUT2D eigenvalue weighted by Crippen LogP contribution is 2.28. The molecule has 106 valence electrons. The summed E-state index contributed by atoms with van der Waals surface area (Å²) in [4.78, 5) is 15.2. The number of rotatable bonds is 4. The summed E-state index contributed by atoms with van der Waals surface area (Å²) in [6.45, 7) is 1.96. The van der Waals surface area contributed by atoms with Crippen molar-refractivity contribution in [3.8, 4) is 11.5 Å². The summed E-state index contributed by atoms with van der Waals surface area (Å²) in [6, 6.07) is 8.60. The highest BCUT2D eigenvalue weighted by atomic mass is 32.1. The second-order valence-electron chi connectivity index (χ2n) is 4.49. The number of benzene rings is 1. The second kappa shape index (κ2) is 5.96. The molecule has 1 aromatic carbocycles. The average molecular weight is 291 g/mol. The molecule has 0 spiro atoms. The predicted molar refractivity (Wildman–Crippen MR) is 79.5 cm³/mol. The van der Waals surface area contributed by atoms with Crippen LogP contribution < -0.4 is 4.74 Å². The maximum absolute atomic E-state index is 12.4. The van der Waals surface area contributed by atoms with Gasteiger partial charge in [-0.2, -0.15) is 0 Å². The van der Waals surface area contributed by atoms with E-state index in [2.05, 4.69) is 0 Å². The first-order valence-electron chi connectivity index (χ1n) is 6.22. The molecule has 20 heavy (non-hydrogen) atoms. The zero-order valence-corrected chi connectivity index (χ0v) is 12.5. The van der Waals surface area contributed by atoms with E-state index in [0.29, 0.717) is 5.75 Å². The molecular weight excluding hydrogens is 274 g/mol. The Bertz CT molecular complexity index is 595. The number of amides is 1. The molecule has 2 rings (SSSR count). The van der Waals surface area contributed by atoms with Gasteiger partial charge in [-0.1, -0.05) is 6.07 Å². The monoisotopic (exact) mass is 291 g/mol. The van der Waals surface area contributed by atoms with Crippen LogP contribution in [0, 0.1) is 0 Å². The van der Waals surface area contributed by atoms with Crippen LogP contribution in [0.2, 0.25) is 0 Å². The van der Waals surface area contributed by atoms with Gasteiger partial charge >= 0.3 is 0 Å². The van der Waals surface area contributed by atoms with E-state index in [1.54, 1.807) is 35.4 Å². The van der Waals surface area contributed by atoms with Crippen molar-refractivity contribution in [1.82, 2.24) is 4.90 Å². The van der Waals surface area contributed by atoms with E-state index in [4.69, 9.17) is 4.74 Å². The largest absolute Gasteiger partial charge is 0.507 e. The van der Waals surface area contributed by atoms with Gasteiger partial charge < -0.3 is 14.7 Å². The molecule has 1 amide bonds. The van der Waals surface area contributed by atoms with E-state index in [-0.39, 0.29) is 23.3 Å². The van der Waals surface area contributed by atoms with Gasteiger partial charge in [0.15, 0.2) is 0 Å². The summed E-state index contributed by atoms with van der Waals surface area (Å²) in [7, 11) is 3.25. The number of carbonyl (C=O) groups is 1. The lowest BCUT2D eigenvalue weighted by molar-refractivity contribution is 0.0742. The topological polar surface area (TPSA) is 49.8 Å². The van der Waals surface area contributed by atoms with Crippen LogP contribution in [-0.4, -0.2) is 30.1 Å². The number of nitrogens with zero attached hydrogens (tertiary/aromatic N) is 1. The molecule has 1 unspecified atom stereocenters. The highest BCUT2D eigenvalue weighted by Gasteiger charge is 2.22. The molecule has 0 saturated carbocycles. The quantitative estimate of drug-likeness (QED) is 0.940. The third-order valence-corrected chi connectivity index (χ3v) is 4.33. The summed E-state index contributed by atoms with van der Waals surface area (Å²) in [5.41, 5.74) is 0.275. The van der Waals surface area contributed by atoms with Crippen LogP contribution in [0.3, 0.4) is 0 Å². The average Bonchev–Trinajstić information content (AvgIpc) is 2.99. The van der Waals surface area contributed by atoms with Crippen LogP contribution in [0.15, 0.2) is 35.7 Å². The molecule has 4 nitrogen and oxygen atoms in total. The summed E-state index contributed by atoms with van der Waals surface area (Å²) in [5.74, 6) is 0.235. The van der Waals surface area contributed by atoms with Crippen LogP contribution in [0.1, 0.15) is 28.2 Å². The molecule has 0 aliphatic heterocycles. The number of phenolic OH excluding ortho intramolecular Hbond substituents is 1. The van der Waals surface area contributed by atoms with E-state index < -0.39 is 0 Å². The molecule has 1 aromatic heterocycles. The number of hydrogen-bond acceptors (Lipinski definition) is 4. The summed E-state index contributed by atoms with van der Waals surface area (Å²) in [6.07, 6.45) is 0. The first kappa shape index (κ1) is 14.4. The minimum absolute atomic E-state index is 0.0380. The van der Waals surface area contributed by atoms with Crippen LogP contribution in [-0.2, 0) is 0 Å². The molecule has 0 saturated heterocycles. The van der Waals surface area contributed by atoms with E-state index in [1.807, 2.05) is 24.4 Å². The first-order valence-corrected chi connectivity index (χ1v) is 7.10. The molecule has 2 aromatic rings. The van der Waals surface area contributed by atoms with Crippen molar-refractivity contribution in [2.45, 2.75) is 13.0 Å². The predicted octanol–water partition coefficient (Wildman–Crippen LogP) is 3.30. The molecule has 1 atom stereocenters. The fraction of sp³-hybridized carbons (Fsp3) is 0.267. The minimum atomic E-state index is -0.217. The highest BCUT2D eigenvalue weighted by molar-refractivity contribution is 7.10. The Morgan fingerprint density at radius 2 is 2.15 bits per heavy atom. The van der Waals surface area contributed by atoms with Gasteiger partial charge in [0.1, 0.15) is 11.5 Å². The zero-order valence-electron chi connectivity index (χ0n) is 11.7. The first-order chi connectivity index (χ1) is 9.54. The third-order valence-electron chi connectivity index (χ3n) is 3.29. The lowest BCUT2D eigenvalue weighted by Gasteiger charge is -2.24. The standard InChI is InChI=1S/C15H17NO3S/c1-10(14-5-4-8-20-14)16(2)15(18)12-7-6-11(19-3)9-13(12)17/h4-10,17H,1-3H3. The molecule has 0 radical (unpaired) electrons. The molecular formula is C15H17NO3S. The van der Waals surface area contributed by atoms with E-state index in [1.165, 1.54) is 13.2 Å². The second-order valence-corrected chi connectivity index (χ2v) is 5.47. The van der Waals surface area contributed by atoms with Gasteiger partial charge in [0.05, 0.1) is 18.7 Å². The summed E-state index contributed by atoms with van der Waals surface area (Å²) < 4.78 is 5.01. The van der Waals surface area contributed by atoms with Gasteiger partial charge in [-0.3, -0.25) is 4.79 Å². The number of ether oxygens (including phenoxy) is 1. The Labute approximate surface area is 122 Å². The SMILES string of the molecule is COc1ccc(C(=O)N(C)C(C)c2cccs2)c(O)c1. The van der Waals surface area contributed by atoms with Gasteiger partial charge in [0.2, 0.25) is 0 Å². The van der Waals surface area contributed by atoms with Crippen molar-refractivity contribution in [1.29, 1.82) is 0 Å². The molecule has 0 aliphatic carbocycles. The minimum Gasteiger partial charge on any atom is -0.507 e. The van der Waals surface area contributed by atoms with Crippen LogP contribution in [0.25, 0.3) is 0 Å². The Balaban J connectivity index is 2.22. The molecule has 0 bridgehead atoms. The van der Waals surface area contributed by atoms with Crippen LogP contribution in [0.4, 0.5) is 0 Å². The van der Waals surface area contributed by atoms with Crippen molar-refractivity contribution >= 4 is 17.2 Å². The maximum Gasteiger partial charge on any atom is 0.257 e. The van der Waals surface area contributed by atoms with E-state index >= 15 is 0 Å². The van der Waals surface area contributed by atoms with Crippen molar-refractivity contribution in [3.63, 3.8) is 0 Å². The lowest BCUT2D eigenvalue weighted by atomic mass is 10.1. The number of aromatic hydroxyl groups is 1. The number of hydrogen-bond donors (Lipinski definition) is 1. The lowest BCUT2D eigenvalue weighted by Crippen LogP contribution is -2.29. The maximum atomic E-state index is 12.4. The van der Waals surface area contributed by atoms with Crippen molar-refractivity contribution in [2.24, 2.45) is 0 Å².